The summed E-state index contributed by atoms with van der Waals surface area (Å²) in [5, 5.41) is 3.06. The van der Waals surface area contributed by atoms with Gasteiger partial charge in [-0.1, -0.05) is 18.5 Å². The van der Waals surface area contributed by atoms with E-state index in [2.05, 4.69) is 4.98 Å². The normalized spacial score (nSPS) is 17.2. The Hall–Kier alpha value is -2.73. The number of rotatable bonds is 6. The second-order valence-corrected chi connectivity index (χ2v) is 13.0. The first-order valence-corrected chi connectivity index (χ1v) is 14.6. The molecule has 12 heteroatoms. The minimum absolute atomic E-state index is 0.00489. The van der Waals surface area contributed by atoms with E-state index in [4.69, 9.17) is 30.8 Å². The van der Waals surface area contributed by atoms with Crippen LogP contribution in [0.1, 0.15) is 47.2 Å². The van der Waals surface area contributed by atoms with Gasteiger partial charge in [-0.15, -0.1) is 22.7 Å². The van der Waals surface area contributed by atoms with Gasteiger partial charge in [0.15, 0.2) is 16.5 Å². The number of hydrogen-bond acceptors (Lipinski definition) is 8. The molecule has 1 fully saturated rings. The molecule has 1 saturated heterocycles. The smallest absolute Gasteiger partial charge is 0.413 e. The molecule has 39 heavy (non-hydrogen) atoms. The fraction of sp³-hybridized carbons (Fsp3) is 0.444. The Labute approximate surface area is 239 Å². The van der Waals surface area contributed by atoms with E-state index in [1.807, 2.05) is 29.1 Å². The van der Waals surface area contributed by atoms with Crippen LogP contribution in [0.15, 0.2) is 29.9 Å². The Kier molecular flexibility index (Phi) is 7.38. The average molecular weight is 593 g/mol. The van der Waals surface area contributed by atoms with Crippen LogP contribution in [0.3, 0.4) is 0 Å². The molecule has 1 aliphatic heterocycles. The molecular formula is C27H30ClFN4O4S2. The van der Waals surface area contributed by atoms with Crippen molar-refractivity contribution in [2.45, 2.75) is 65.3 Å². The third-order valence-corrected chi connectivity index (χ3v) is 8.44. The van der Waals surface area contributed by atoms with E-state index in [0.717, 1.165) is 26.2 Å². The van der Waals surface area contributed by atoms with Crippen LogP contribution in [0, 0.1) is 5.82 Å². The molecule has 1 atom stereocenters. The number of halogens is 2. The third-order valence-electron chi connectivity index (χ3n) is 6.21. The molecular weight excluding hydrogens is 563 g/mol. The van der Waals surface area contributed by atoms with Gasteiger partial charge in [0.2, 0.25) is 0 Å². The van der Waals surface area contributed by atoms with E-state index in [1.165, 1.54) is 28.4 Å². The Bertz CT molecular complexity index is 1500. The first-order valence-electron chi connectivity index (χ1n) is 12.6. The summed E-state index contributed by atoms with van der Waals surface area (Å²) < 4.78 is 34.5. The number of imidazole rings is 1. The van der Waals surface area contributed by atoms with E-state index in [9.17, 15) is 4.79 Å². The van der Waals surface area contributed by atoms with Crippen molar-refractivity contribution >= 4 is 45.3 Å². The number of hydrogen-bond donors (Lipinski definition) is 0. The molecule has 4 heterocycles. The standard InChI is InChI=1S/C27H30ClFN4O4S2/c1-7-19-22(39-23(30-19)20-12-32-8-9-38-24(32)31-20)16-10-18(29)21(11-17(16)28)35-13-15-14-36-27(5,6)33(15)25(34)37-26(2,3)4/h8-12,15H,7,13-14H2,1-6H3. The van der Waals surface area contributed by atoms with Gasteiger partial charge in [0.1, 0.15) is 28.6 Å². The van der Waals surface area contributed by atoms with Crippen LogP contribution in [0.25, 0.3) is 26.1 Å². The molecule has 0 radical (unpaired) electrons. The average Bonchev–Trinajstić information content (AvgIpc) is 3.59. The molecule has 3 aromatic heterocycles. The molecule has 4 aromatic rings. The van der Waals surface area contributed by atoms with Crippen molar-refractivity contribution in [3.05, 3.63) is 46.4 Å². The Morgan fingerprint density at radius 3 is 2.77 bits per heavy atom. The lowest BCUT2D eigenvalue weighted by molar-refractivity contribution is -0.0637. The number of amides is 1. The van der Waals surface area contributed by atoms with E-state index >= 15 is 4.39 Å². The highest BCUT2D eigenvalue weighted by atomic mass is 35.5. The second-order valence-electron chi connectivity index (χ2n) is 10.7. The van der Waals surface area contributed by atoms with Gasteiger partial charge in [-0.2, -0.15) is 0 Å². The van der Waals surface area contributed by atoms with Crippen molar-refractivity contribution in [3.8, 4) is 26.9 Å². The number of aromatic nitrogens is 3. The number of thiazole rings is 2. The molecule has 1 aromatic carbocycles. The largest absolute Gasteiger partial charge is 0.488 e. The molecule has 1 amide bonds. The fourth-order valence-electron chi connectivity index (χ4n) is 4.43. The van der Waals surface area contributed by atoms with Gasteiger partial charge in [0.05, 0.1) is 28.2 Å². The molecule has 0 aliphatic carbocycles. The molecule has 0 saturated carbocycles. The minimum atomic E-state index is -0.888. The highest BCUT2D eigenvalue weighted by molar-refractivity contribution is 7.18. The van der Waals surface area contributed by atoms with E-state index in [0.29, 0.717) is 17.0 Å². The lowest BCUT2D eigenvalue weighted by Crippen LogP contribution is -2.51. The van der Waals surface area contributed by atoms with Crippen LogP contribution in [-0.2, 0) is 15.9 Å². The van der Waals surface area contributed by atoms with E-state index < -0.39 is 29.3 Å². The lowest BCUT2D eigenvalue weighted by atomic mass is 10.1. The predicted molar refractivity (Wildman–Crippen MR) is 151 cm³/mol. The topological polar surface area (TPSA) is 78.2 Å². The first kappa shape index (κ1) is 27.8. The van der Waals surface area contributed by atoms with Crippen molar-refractivity contribution in [2.75, 3.05) is 13.2 Å². The summed E-state index contributed by atoms with van der Waals surface area (Å²) in [5.74, 6) is -0.564. The zero-order chi connectivity index (χ0) is 28.1. The first-order chi connectivity index (χ1) is 18.4. The summed E-state index contributed by atoms with van der Waals surface area (Å²) in [7, 11) is 0. The summed E-state index contributed by atoms with van der Waals surface area (Å²) in [6.07, 6.45) is 4.02. The van der Waals surface area contributed by atoms with Crippen LogP contribution in [0.4, 0.5) is 9.18 Å². The summed E-state index contributed by atoms with van der Waals surface area (Å²) in [6.45, 7) is 11.2. The second kappa shape index (κ2) is 10.3. The molecule has 0 bridgehead atoms. The summed E-state index contributed by atoms with van der Waals surface area (Å²) >= 11 is 9.64. The van der Waals surface area contributed by atoms with Crippen molar-refractivity contribution in [1.82, 2.24) is 19.3 Å². The third kappa shape index (κ3) is 5.63. The number of carbonyl (C=O) groups is 1. The molecule has 1 aliphatic rings. The maximum absolute atomic E-state index is 15.3. The van der Waals surface area contributed by atoms with Gasteiger partial charge >= 0.3 is 6.09 Å². The van der Waals surface area contributed by atoms with Gasteiger partial charge in [0.25, 0.3) is 0 Å². The van der Waals surface area contributed by atoms with E-state index in [1.54, 1.807) is 46.0 Å². The van der Waals surface area contributed by atoms with Gasteiger partial charge in [-0.05, 0) is 47.1 Å². The quantitative estimate of drug-likeness (QED) is 0.234. The monoisotopic (exact) mass is 592 g/mol. The summed E-state index contributed by atoms with van der Waals surface area (Å²) in [4.78, 5) is 25.5. The summed E-state index contributed by atoms with van der Waals surface area (Å²) in [5.41, 5.74) is 0.573. The van der Waals surface area contributed by atoms with E-state index in [-0.39, 0.29) is 19.0 Å². The number of carbonyl (C=O) groups excluding carboxylic acids is 1. The number of benzene rings is 1. The molecule has 0 spiro atoms. The number of fused-ring (bicyclic) bond motifs is 1. The zero-order valence-corrected chi connectivity index (χ0v) is 25.0. The Balaban J connectivity index is 1.37. The van der Waals surface area contributed by atoms with Crippen molar-refractivity contribution < 1.29 is 23.4 Å². The lowest BCUT2D eigenvalue weighted by Gasteiger charge is -2.35. The van der Waals surface area contributed by atoms with Gasteiger partial charge in [-0.25, -0.2) is 19.2 Å². The fourth-order valence-corrected chi connectivity index (χ4v) is 6.57. The number of ether oxygens (including phenoxy) is 3. The highest BCUT2D eigenvalue weighted by Gasteiger charge is 2.46. The highest BCUT2D eigenvalue weighted by Crippen LogP contribution is 2.41. The maximum Gasteiger partial charge on any atom is 0.413 e. The molecule has 208 valence electrons. The van der Waals surface area contributed by atoms with Crippen LogP contribution in [0.5, 0.6) is 5.75 Å². The Morgan fingerprint density at radius 1 is 1.31 bits per heavy atom. The van der Waals surface area contributed by atoms with Gasteiger partial charge in [0, 0.05) is 29.4 Å². The van der Waals surface area contributed by atoms with Crippen LogP contribution in [0.2, 0.25) is 5.02 Å². The molecule has 1 unspecified atom stereocenters. The molecule has 0 N–H and O–H groups in total. The van der Waals surface area contributed by atoms with Crippen molar-refractivity contribution in [3.63, 3.8) is 0 Å². The van der Waals surface area contributed by atoms with Crippen LogP contribution < -0.4 is 4.74 Å². The van der Waals surface area contributed by atoms with Gasteiger partial charge < -0.3 is 14.2 Å². The SMILES string of the molecule is CCc1nc(-c2cn3ccsc3n2)sc1-c1cc(F)c(OCC2COC(C)(C)N2C(=O)OC(C)(C)C)cc1Cl. The van der Waals surface area contributed by atoms with Crippen LogP contribution >= 0.6 is 34.3 Å². The number of nitrogens with zero attached hydrogens (tertiary/aromatic N) is 4. The number of aryl methyl sites for hydroxylation is 1. The zero-order valence-electron chi connectivity index (χ0n) is 22.6. The molecule has 5 rings (SSSR count). The summed E-state index contributed by atoms with van der Waals surface area (Å²) in [6, 6.07) is 2.38. The molecule has 8 nitrogen and oxygen atoms in total. The minimum Gasteiger partial charge on any atom is -0.488 e. The van der Waals surface area contributed by atoms with Crippen molar-refractivity contribution in [1.29, 1.82) is 0 Å². The van der Waals surface area contributed by atoms with Crippen molar-refractivity contribution in [2.24, 2.45) is 0 Å². The van der Waals surface area contributed by atoms with Crippen LogP contribution in [-0.4, -0.2) is 55.9 Å². The van der Waals surface area contributed by atoms with Gasteiger partial charge in [-0.3, -0.25) is 9.30 Å². The maximum atomic E-state index is 15.3. The Morgan fingerprint density at radius 2 is 2.08 bits per heavy atom. The predicted octanol–water partition coefficient (Wildman–Crippen LogP) is 7.29.